The highest BCUT2D eigenvalue weighted by molar-refractivity contribution is 7.10. The van der Waals surface area contributed by atoms with Crippen molar-refractivity contribution in [3.63, 3.8) is 0 Å². The molecular formula is C13H10ClF6NS. The van der Waals surface area contributed by atoms with Gasteiger partial charge in [-0.15, -0.1) is 23.7 Å². The Balaban J connectivity index is 0.00000242. The molecule has 0 amide bonds. The Labute approximate surface area is 132 Å². The van der Waals surface area contributed by atoms with Crippen LogP contribution >= 0.6 is 23.7 Å². The van der Waals surface area contributed by atoms with Crippen LogP contribution in [0.15, 0.2) is 35.7 Å². The zero-order chi connectivity index (χ0) is 15.8. The van der Waals surface area contributed by atoms with Gasteiger partial charge in [-0.2, -0.15) is 26.3 Å². The average Bonchev–Trinajstić information content (AvgIpc) is 2.89. The van der Waals surface area contributed by atoms with Crippen molar-refractivity contribution in [3.8, 4) is 0 Å². The van der Waals surface area contributed by atoms with Gasteiger partial charge in [-0.1, -0.05) is 12.1 Å². The van der Waals surface area contributed by atoms with Gasteiger partial charge < -0.3 is 5.73 Å². The summed E-state index contributed by atoms with van der Waals surface area (Å²) in [6.07, 6.45) is -9.75. The van der Waals surface area contributed by atoms with Gasteiger partial charge in [0.1, 0.15) is 0 Å². The van der Waals surface area contributed by atoms with E-state index >= 15 is 0 Å². The highest BCUT2D eigenvalue weighted by Gasteiger charge is 2.39. The Hall–Kier alpha value is -1.25. The highest BCUT2D eigenvalue weighted by atomic mass is 35.5. The molecule has 1 aromatic heterocycles. The second-order valence-electron chi connectivity index (χ2n) is 4.29. The molecule has 0 aliphatic heterocycles. The van der Waals surface area contributed by atoms with Crippen molar-refractivity contribution in [2.24, 2.45) is 5.73 Å². The molecule has 1 nitrogen and oxygen atoms in total. The molecule has 0 fully saturated rings. The van der Waals surface area contributed by atoms with Gasteiger partial charge in [0.15, 0.2) is 0 Å². The summed E-state index contributed by atoms with van der Waals surface area (Å²) in [5.41, 5.74) is 2.66. The number of benzene rings is 1. The number of hydrogen-bond acceptors (Lipinski definition) is 2. The van der Waals surface area contributed by atoms with Crippen molar-refractivity contribution in [1.29, 1.82) is 0 Å². The maximum Gasteiger partial charge on any atom is 0.416 e. The number of nitrogens with two attached hydrogens (primary N) is 1. The second kappa shape index (κ2) is 6.47. The minimum absolute atomic E-state index is 0. The summed E-state index contributed by atoms with van der Waals surface area (Å²) >= 11 is 1.14. The summed E-state index contributed by atoms with van der Waals surface area (Å²) in [5.74, 6) is 0. The number of thiophene rings is 1. The Morgan fingerprint density at radius 1 is 0.955 bits per heavy atom. The lowest BCUT2D eigenvalue weighted by Crippen LogP contribution is -2.19. The molecule has 0 spiro atoms. The molecule has 1 heterocycles. The van der Waals surface area contributed by atoms with Crippen LogP contribution in [-0.2, 0) is 12.4 Å². The summed E-state index contributed by atoms with van der Waals surface area (Å²) in [6, 6.07) is 3.52. The van der Waals surface area contributed by atoms with E-state index in [1.165, 1.54) is 6.07 Å². The molecule has 22 heavy (non-hydrogen) atoms. The third-order valence-electron chi connectivity index (χ3n) is 2.87. The molecule has 9 heteroatoms. The molecule has 0 aliphatic carbocycles. The number of halogens is 7. The number of alkyl halides is 6. The van der Waals surface area contributed by atoms with E-state index in [2.05, 4.69) is 0 Å². The van der Waals surface area contributed by atoms with Crippen LogP contribution < -0.4 is 5.73 Å². The summed E-state index contributed by atoms with van der Waals surface area (Å²) in [6.45, 7) is 0. The monoisotopic (exact) mass is 361 g/mol. The molecule has 2 aromatic rings. The smallest absolute Gasteiger partial charge is 0.320 e. The second-order valence-corrected chi connectivity index (χ2v) is 5.27. The van der Waals surface area contributed by atoms with E-state index in [0.717, 1.165) is 17.4 Å². The van der Waals surface area contributed by atoms with E-state index in [1.54, 1.807) is 11.4 Å². The van der Waals surface area contributed by atoms with Gasteiger partial charge in [-0.3, -0.25) is 0 Å². The van der Waals surface area contributed by atoms with Crippen molar-refractivity contribution >= 4 is 23.7 Å². The maximum absolute atomic E-state index is 13.0. The molecule has 0 saturated carbocycles. The number of hydrogen-bond donors (Lipinski definition) is 1. The Kier molecular flexibility index (Phi) is 5.53. The van der Waals surface area contributed by atoms with E-state index in [-0.39, 0.29) is 24.0 Å². The van der Waals surface area contributed by atoms with Gasteiger partial charge in [-0.05, 0) is 29.1 Å². The van der Waals surface area contributed by atoms with E-state index < -0.39 is 29.5 Å². The van der Waals surface area contributed by atoms with Gasteiger partial charge in [0.2, 0.25) is 0 Å². The molecule has 0 aliphatic rings. The normalized spacial score (nSPS) is 13.6. The van der Waals surface area contributed by atoms with Gasteiger partial charge in [0, 0.05) is 4.88 Å². The topological polar surface area (TPSA) is 26.0 Å². The van der Waals surface area contributed by atoms with Gasteiger partial charge >= 0.3 is 12.4 Å². The van der Waals surface area contributed by atoms with E-state index in [9.17, 15) is 26.3 Å². The minimum atomic E-state index is -4.91. The fourth-order valence-corrected chi connectivity index (χ4v) is 2.62. The Morgan fingerprint density at radius 3 is 2.05 bits per heavy atom. The van der Waals surface area contributed by atoms with E-state index in [0.29, 0.717) is 10.9 Å². The molecule has 1 aromatic carbocycles. The van der Waals surface area contributed by atoms with Crippen molar-refractivity contribution in [3.05, 3.63) is 57.3 Å². The fraction of sp³-hybridized carbons (Fsp3) is 0.231. The third-order valence-corrected chi connectivity index (χ3v) is 3.83. The minimum Gasteiger partial charge on any atom is -0.320 e. The molecule has 122 valence electrons. The lowest BCUT2D eigenvalue weighted by atomic mass is 9.97. The van der Waals surface area contributed by atoms with Crippen molar-refractivity contribution in [1.82, 2.24) is 0 Å². The van der Waals surface area contributed by atoms with Gasteiger partial charge in [-0.25, -0.2) is 0 Å². The first kappa shape index (κ1) is 18.8. The summed E-state index contributed by atoms with van der Waals surface area (Å²) in [4.78, 5) is 0.445. The van der Waals surface area contributed by atoms with Crippen molar-refractivity contribution in [2.45, 2.75) is 18.4 Å². The van der Waals surface area contributed by atoms with Gasteiger partial charge in [0.25, 0.3) is 0 Å². The first-order valence-electron chi connectivity index (χ1n) is 5.68. The maximum atomic E-state index is 13.0. The van der Waals surface area contributed by atoms with Crippen LogP contribution in [0.2, 0.25) is 0 Å². The molecule has 2 N–H and O–H groups in total. The molecule has 0 radical (unpaired) electrons. The molecule has 2 rings (SSSR count). The molecular weight excluding hydrogens is 352 g/mol. The largest absolute Gasteiger partial charge is 0.416 e. The van der Waals surface area contributed by atoms with Crippen LogP contribution in [0.25, 0.3) is 0 Å². The van der Waals surface area contributed by atoms with Crippen LogP contribution in [0.3, 0.4) is 0 Å². The molecule has 0 bridgehead atoms. The Morgan fingerprint density at radius 2 is 1.59 bits per heavy atom. The highest BCUT2D eigenvalue weighted by Crippen LogP contribution is 2.40. The summed E-state index contributed by atoms with van der Waals surface area (Å²) in [7, 11) is 0. The summed E-state index contributed by atoms with van der Waals surface area (Å²) in [5, 5.41) is 1.63. The lowest BCUT2D eigenvalue weighted by molar-refractivity contribution is -0.143. The lowest BCUT2D eigenvalue weighted by Gasteiger charge is -2.19. The first-order valence-corrected chi connectivity index (χ1v) is 6.56. The van der Waals surface area contributed by atoms with Crippen molar-refractivity contribution in [2.75, 3.05) is 0 Å². The average molecular weight is 362 g/mol. The third kappa shape index (κ3) is 3.93. The van der Waals surface area contributed by atoms with Crippen LogP contribution in [-0.4, -0.2) is 0 Å². The fourth-order valence-electron chi connectivity index (χ4n) is 1.87. The SMILES string of the molecule is Cl.N[C@@H](c1cccs1)c1ccc(C(F)(F)F)cc1C(F)(F)F. The standard InChI is InChI=1S/C13H9F6NS.ClH/c14-12(15,16)7-3-4-8(9(6-7)13(17,18)19)11(20)10-2-1-5-21-10;/h1-6,11H,20H2;1H/t11-;/m1./s1. The molecule has 0 unspecified atom stereocenters. The Bertz CT molecular complexity index is 620. The van der Waals surface area contributed by atoms with E-state index in [1.807, 2.05) is 0 Å². The predicted octanol–water partition coefficient (Wildman–Crippen LogP) is 5.26. The molecule has 0 saturated heterocycles. The van der Waals surface area contributed by atoms with Crippen LogP contribution in [0.1, 0.15) is 27.6 Å². The van der Waals surface area contributed by atoms with Crippen molar-refractivity contribution < 1.29 is 26.3 Å². The van der Waals surface area contributed by atoms with Crippen LogP contribution in [0, 0.1) is 0 Å². The molecule has 1 atom stereocenters. The quantitative estimate of drug-likeness (QED) is 0.726. The zero-order valence-corrected chi connectivity index (χ0v) is 12.3. The van der Waals surface area contributed by atoms with Crippen LogP contribution in [0.4, 0.5) is 26.3 Å². The summed E-state index contributed by atoms with van der Waals surface area (Å²) < 4.78 is 76.7. The zero-order valence-electron chi connectivity index (χ0n) is 10.7. The first-order chi connectivity index (χ1) is 9.60. The van der Waals surface area contributed by atoms with Crippen LogP contribution in [0.5, 0.6) is 0 Å². The van der Waals surface area contributed by atoms with E-state index in [4.69, 9.17) is 5.73 Å². The van der Waals surface area contributed by atoms with Gasteiger partial charge in [0.05, 0.1) is 17.2 Å². The predicted molar refractivity (Wildman–Crippen MR) is 74.0 cm³/mol. The number of rotatable bonds is 2.